The van der Waals surface area contributed by atoms with Gasteiger partial charge in [-0.1, -0.05) is 12.2 Å². The first-order valence-corrected chi connectivity index (χ1v) is 9.79. The van der Waals surface area contributed by atoms with Gasteiger partial charge < -0.3 is 4.57 Å². The molecule has 0 radical (unpaired) electrons. The molecule has 1 atom stereocenters. The van der Waals surface area contributed by atoms with Gasteiger partial charge in [-0.2, -0.15) is 0 Å². The van der Waals surface area contributed by atoms with Crippen LogP contribution >= 0.6 is 0 Å². The fourth-order valence-electron chi connectivity index (χ4n) is 2.49. The highest BCUT2D eigenvalue weighted by Crippen LogP contribution is 2.30. The first-order chi connectivity index (χ1) is 11.6. The van der Waals surface area contributed by atoms with Crippen molar-refractivity contribution in [3.8, 4) is 5.69 Å². The first-order valence-electron chi connectivity index (χ1n) is 7.90. The van der Waals surface area contributed by atoms with Crippen molar-refractivity contribution >= 4 is 9.84 Å². The largest absolute Gasteiger partial charge is 0.303 e. The second kappa shape index (κ2) is 6.96. The highest BCUT2D eigenvalue weighted by molar-refractivity contribution is 7.90. The van der Waals surface area contributed by atoms with Crippen LogP contribution in [0.15, 0.2) is 60.7 Å². The molecule has 0 aliphatic rings. The molecule has 134 valence electrons. The van der Waals surface area contributed by atoms with Crippen molar-refractivity contribution in [3.63, 3.8) is 0 Å². The molecular weight excluding hydrogens is 339 g/mol. The summed E-state index contributed by atoms with van der Waals surface area (Å²) in [6.07, 6.45) is 6.93. The van der Waals surface area contributed by atoms with Crippen molar-refractivity contribution in [1.29, 1.82) is 0 Å². The Morgan fingerprint density at radius 3 is 2.32 bits per heavy atom. The third kappa shape index (κ3) is 4.25. The van der Waals surface area contributed by atoms with E-state index in [1.54, 1.807) is 35.0 Å². The van der Waals surface area contributed by atoms with E-state index >= 15 is 0 Å². The first kappa shape index (κ1) is 19.1. The Morgan fingerprint density at radius 1 is 1.28 bits per heavy atom. The molecule has 2 rings (SSSR count). The Morgan fingerprint density at radius 2 is 1.88 bits per heavy atom. The standard InChI is InChI=1S/C19H23FN2O2S/c1-6-8-14(7-2)18-21-17(19(3,4)20)13-22(18)15-9-11-16(12-10-15)25(5,23)24/h6-7,9-14H,1-2,8H2,3-5H3. The van der Waals surface area contributed by atoms with Gasteiger partial charge in [0.25, 0.3) is 0 Å². The molecule has 0 amide bonds. The van der Waals surface area contributed by atoms with Gasteiger partial charge in [0.1, 0.15) is 11.5 Å². The van der Waals surface area contributed by atoms with E-state index in [0.717, 1.165) is 6.26 Å². The summed E-state index contributed by atoms with van der Waals surface area (Å²) in [5.41, 5.74) is -0.570. The summed E-state index contributed by atoms with van der Waals surface area (Å²) in [5, 5.41) is 0. The fourth-order valence-corrected chi connectivity index (χ4v) is 3.12. The molecule has 0 saturated heterocycles. The zero-order valence-corrected chi connectivity index (χ0v) is 15.6. The van der Waals surface area contributed by atoms with Crippen LogP contribution in [0.25, 0.3) is 5.69 Å². The number of alkyl halides is 1. The van der Waals surface area contributed by atoms with Crippen LogP contribution in [-0.4, -0.2) is 24.2 Å². The Kier molecular flexibility index (Phi) is 5.32. The summed E-state index contributed by atoms with van der Waals surface area (Å²) in [4.78, 5) is 4.70. The molecule has 0 spiro atoms. The molecule has 1 heterocycles. The maximum Gasteiger partial charge on any atom is 0.175 e. The summed E-state index contributed by atoms with van der Waals surface area (Å²) in [7, 11) is -3.27. The lowest BCUT2D eigenvalue weighted by Gasteiger charge is -2.13. The van der Waals surface area contributed by atoms with Gasteiger partial charge in [0.2, 0.25) is 0 Å². The minimum absolute atomic E-state index is 0.122. The second-order valence-electron chi connectivity index (χ2n) is 6.46. The van der Waals surface area contributed by atoms with Crippen molar-refractivity contribution in [2.45, 2.75) is 36.8 Å². The number of allylic oxidation sites excluding steroid dienone is 2. The van der Waals surface area contributed by atoms with Crippen LogP contribution < -0.4 is 0 Å². The molecule has 0 aliphatic carbocycles. The van der Waals surface area contributed by atoms with E-state index in [9.17, 15) is 12.8 Å². The molecule has 0 saturated carbocycles. The maximum absolute atomic E-state index is 14.4. The van der Waals surface area contributed by atoms with Crippen molar-refractivity contribution < 1.29 is 12.8 Å². The fraction of sp³-hybridized carbons (Fsp3) is 0.316. The van der Waals surface area contributed by atoms with Crippen molar-refractivity contribution in [2.24, 2.45) is 0 Å². The highest BCUT2D eigenvalue weighted by atomic mass is 32.2. The maximum atomic E-state index is 14.4. The minimum atomic E-state index is -3.27. The Labute approximate surface area is 148 Å². The van der Waals surface area contributed by atoms with Gasteiger partial charge in [0, 0.05) is 24.1 Å². The summed E-state index contributed by atoms with van der Waals surface area (Å²) in [5.74, 6) is 0.519. The van der Waals surface area contributed by atoms with Gasteiger partial charge in [-0.25, -0.2) is 17.8 Å². The molecule has 1 aromatic heterocycles. The summed E-state index contributed by atoms with van der Waals surface area (Å²) >= 11 is 0. The third-order valence-corrected chi connectivity index (χ3v) is 5.05. The van der Waals surface area contributed by atoms with Crippen molar-refractivity contribution in [2.75, 3.05) is 6.26 Å². The van der Waals surface area contributed by atoms with Crippen LogP contribution in [0.2, 0.25) is 0 Å². The number of hydrogen-bond donors (Lipinski definition) is 0. The normalized spacial score (nSPS) is 13.4. The van der Waals surface area contributed by atoms with Crippen molar-refractivity contribution in [1.82, 2.24) is 9.55 Å². The summed E-state index contributed by atoms with van der Waals surface area (Å²) in [6.45, 7) is 10.5. The molecule has 0 bridgehead atoms. The number of imidazole rings is 1. The lowest BCUT2D eigenvalue weighted by Crippen LogP contribution is -2.09. The van der Waals surface area contributed by atoms with Crippen molar-refractivity contribution in [3.05, 3.63) is 67.3 Å². The van der Waals surface area contributed by atoms with Crippen LogP contribution in [0.1, 0.15) is 37.7 Å². The third-order valence-electron chi connectivity index (χ3n) is 3.92. The Bertz CT molecular complexity index is 875. The molecule has 1 aromatic carbocycles. The minimum Gasteiger partial charge on any atom is -0.303 e. The predicted octanol–water partition coefficient (Wildman–Crippen LogP) is 4.33. The topological polar surface area (TPSA) is 52.0 Å². The number of halogens is 1. The van der Waals surface area contributed by atoms with Crippen LogP contribution in [0.3, 0.4) is 0 Å². The van der Waals surface area contributed by atoms with E-state index in [4.69, 9.17) is 0 Å². The van der Waals surface area contributed by atoms with E-state index in [2.05, 4.69) is 18.1 Å². The van der Waals surface area contributed by atoms with Gasteiger partial charge in [0.05, 0.1) is 10.6 Å². The molecule has 4 nitrogen and oxygen atoms in total. The number of hydrogen-bond acceptors (Lipinski definition) is 3. The number of benzene rings is 1. The number of rotatable bonds is 7. The molecule has 1 unspecified atom stereocenters. The lowest BCUT2D eigenvalue weighted by molar-refractivity contribution is 0.215. The van der Waals surface area contributed by atoms with Gasteiger partial charge in [-0.05, 0) is 44.5 Å². The molecule has 0 aliphatic heterocycles. The van der Waals surface area contributed by atoms with E-state index < -0.39 is 15.5 Å². The van der Waals surface area contributed by atoms with Crippen LogP contribution in [0, 0.1) is 0 Å². The molecular formula is C19H23FN2O2S. The second-order valence-corrected chi connectivity index (χ2v) is 8.48. The number of aromatic nitrogens is 2. The van der Waals surface area contributed by atoms with Crippen LogP contribution in [0.4, 0.5) is 4.39 Å². The average Bonchev–Trinajstić information content (AvgIpc) is 2.97. The van der Waals surface area contributed by atoms with Gasteiger partial charge in [-0.3, -0.25) is 0 Å². The van der Waals surface area contributed by atoms with Gasteiger partial charge in [-0.15, -0.1) is 13.2 Å². The number of sulfone groups is 1. The van der Waals surface area contributed by atoms with Gasteiger partial charge in [0.15, 0.2) is 9.84 Å². The molecule has 25 heavy (non-hydrogen) atoms. The smallest absolute Gasteiger partial charge is 0.175 e. The predicted molar refractivity (Wildman–Crippen MR) is 98.6 cm³/mol. The molecule has 2 aromatic rings. The summed E-state index contributed by atoms with van der Waals surface area (Å²) < 4.78 is 39.4. The molecule has 6 heteroatoms. The molecule has 0 N–H and O–H groups in total. The zero-order chi connectivity index (χ0) is 18.8. The van der Waals surface area contributed by atoms with E-state index in [1.807, 2.05) is 0 Å². The Hall–Kier alpha value is -2.21. The van der Waals surface area contributed by atoms with E-state index in [1.165, 1.54) is 26.0 Å². The highest BCUT2D eigenvalue weighted by Gasteiger charge is 2.26. The summed E-state index contributed by atoms with van der Waals surface area (Å²) in [6, 6.07) is 6.44. The Balaban J connectivity index is 2.60. The van der Waals surface area contributed by atoms with Gasteiger partial charge >= 0.3 is 0 Å². The monoisotopic (exact) mass is 362 g/mol. The average molecular weight is 362 g/mol. The van der Waals surface area contributed by atoms with E-state index in [0.29, 0.717) is 23.6 Å². The van der Waals surface area contributed by atoms with E-state index in [-0.39, 0.29) is 10.8 Å². The lowest BCUT2D eigenvalue weighted by atomic mass is 10.0. The zero-order valence-electron chi connectivity index (χ0n) is 14.7. The van der Waals surface area contributed by atoms with Crippen LogP contribution in [0.5, 0.6) is 0 Å². The quantitative estimate of drug-likeness (QED) is 0.689. The SMILES string of the molecule is C=CCC(C=C)c1nc(C(C)(C)F)cn1-c1ccc(S(C)(=O)=O)cc1. The van der Waals surface area contributed by atoms with Crippen LogP contribution in [-0.2, 0) is 15.5 Å². The molecule has 0 fully saturated rings. The number of nitrogens with zero attached hydrogens (tertiary/aromatic N) is 2.